The quantitative estimate of drug-likeness (QED) is 0.759. The fourth-order valence-corrected chi connectivity index (χ4v) is 2.29. The van der Waals surface area contributed by atoms with Gasteiger partial charge in [-0.2, -0.15) is 10.1 Å². The molecule has 3 aromatic rings. The van der Waals surface area contributed by atoms with Gasteiger partial charge in [-0.1, -0.05) is 18.2 Å². The van der Waals surface area contributed by atoms with Crippen molar-refractivity contribution in [1.29, 1.82) is 0 Å². The third-order valence-electron chi connectivity index (χ3n) is 3.17. The number of benzene rings is 2. The lowest BCUT2D eigenvalue weighted by Crippen LogP contribution is -2.03. The van der Waals surface area contributed by atoms with Crippen molar-refractivity contribution < 1.29 is 4.39 Å². The minimum atomic E-state index is -0.352. The van der Waals surface area contributed by atoms with Gasteiger partial charge in [0.25, 0.3) is 0 Å². The molecule has 0 radical (unpaired) electrons. The molecule has 1 heterocycles. The zero-order chi connectivity index (χ0) is 16.2. The normalized spacial score (nSPS) is 10.4. The molecule has 5 nitrogen and oxygen atoms in total. The van der Waals surface area contributed by atoms with E-state index in [1.165, 1.54) is 12.3 Å². The van der Waals surface area contributed by atoms with Gasteiger partial charge >= 0.3 is 0 Å². The topological polar surface area (TPSA) is 62.7 Å². The van der Waals surface area contributed by atoms with Crippen LogP contribution in [-0.4, -0.2) is 15.2 Å². The number of hydrogen-bond acceptors (Lipinski definition) is 5. The van der Waals surface area contributed by atoms with E-state index in [-0.39, 0.29) is 5.82 Å². The lowest BCUT2D eigenvalue weighted by molar-refractivity contribution is 0.632. The third-order valence-corrected chi connectivity index (χ3v) is 3.17. The Morgan fingerprint density at radius 2 is 1.70 bits per heavy atom. The summed E-state index contributed by atoms with van der Waals surface area (Å²) in [6, 6.07) is 12.5. The lowest BCUT2D eigenvalue weighted by atomic mass is 10.1. The van der Waals surface area contributed by atoms with Crippen LogP contribution in [0.5, 0.6) is 0 Å². The summed E-state index contributed by atoms with van der Waals surface area (Å²) in [4.78, 5) is 4.30. The molecule has 0 fully saturated rings. The zero-order valence-corrected chi connectivity index (χ0v) is 12.8. The Hall–Kier alpha value is -3.02. The number of nitrogens with one attached hydrogen (secondary N) is 2. The Balaban J connectivity index is 1.81. The first-order valence-electron chi connectivity index (χ1n) is 7.17. The molecule has 0 aliphatic rings. The van der Waals surface area contributed by atoms with Crippen LogP contribution in [0.15, 0.2) is 48.7 Å². The Labute approximate surface area is 133 Å². The molecule has 23 heavy (non-hydrogen) atoms. The van der Waals surface area contributed by atoms with Crippen molar-refractivity contribution in [2.24, 2.45) is 0 Å². The summed E-state index contributed by atoms with van der Waals surface area (Å²) in [6.07, 6.45) is 1.44. The highest BCUT2D eigenvalue weighted by atomic mass is 19.1. The molecular weight excluding hydrogens is 293 g/mol. The molecule has 0 amide bonds. The number of aromatic nitrogens is 3. The minimum absolute atomic E-state index is 0.338. The number of halogens is 1. The van der Waals surface area contributed by atoms with Gasteiger partial charge in [-0.05, 0) is 49.2 Å². The highest BCUT2D eigenvalue weighted by Crippen LogP contribution is 2.20. The smallest absolute Gasteiger partial charge is 0.249 e. The van der Waals surface area contributed by atoms with Crippen molar-refractivity contribution in [2.75, 3.05) is 10.6 Å². The van der Waals surface area contributed by atoms with Gasteiger partial charge in [-0.3, -0.25) is 0 Å². The fraction of sp³-hybridized carbons (Fsp3) is 0.118. The van der Waals surface area contributed by atoms with Crippen LogP contribution in [0.3, 0.4) is 0 Å². The fourth-order valence-electron chi connectivity index (χ4n) is 2.29. The van der Waals surface area contributed by atoms with Crippen LogP contribution in [0.1, 0.15) is 11.1 Å². The van der Waals surface area contributed by atoms with E-state index in [1.807, 2.05) is 26.0 Å². The molecule has 2 N–H and O–H groups in total. The van der Waals surface area contributed by atoms with E-state index in [0.29, 0.717) is 17.5 Å². The number of aryl methyl sites for hydroxylation is 2. The molecule has 3 rings (SSSR count). The van der Waals surface area contributed by atoms with Crippen LogP contribution in [0.4, 0.5) is 27.5 Å². The third kappa shape index (κ3) is 3.79. The average molecular weight is 309 g/mol. The maximum Gasteiger partial charge on any atom is 0.249 e. The predicted molar refractivity (Wildman–Crippen MR) is 88.7 cm³/mol. The second-order valence-electron chi connectivity index (χ2n) is 5.27. The van der Waals surface area contributed by atoms with E-state index in [2.05, 4.69) is 31.9 Å². The minimum Gasteiger partial charge on any atom is -0.336 e. The first kappa shape index (κ1) is 14.9. The standard InChI is InChI=1S/C17H16FN5/c1-11-7-12(2)9-13(8-11)20-17-22-16(10-19-23-17)21-15-6-4-3-5-14(15)18/h3-10H,1-2H3,(H2,20,21,22,23). The number of nitrogens with zero attached hydrogens (tertiary/aromatic N) is 3. The molecule has 0 aliphatic carbocycles. The largest absolute Gasteiger partial charge is 0.336 e. The summed E-state index contributed by atoms with van der Waals surface area (Å²) in [5, 5.41) is 13.8. The molecule has 6 heteroatoms. The van der Waals surface area contributed by atoms with Crippen LogP contribution >= 0.6 is 0 Å². The van der Waals surface area contributed by atoms with E-state index < -0.39 is 0 Å². The lowest BCUT2D eigenvalue weighted by Gasteiger charge is -2.09. The average Bonchev–Trinajstić information content (AvgIpc) is 2.49. The van der Waals surface area contributed by atoms with Crippen LogP contribution in [0, 0.1) is 19.7 Å². The van der Waals surface area contributed by atoms with Crippen molar-refractivity contribution in [3.63, 3.8) is 0 Å². The highest BCUT2D eigenvalue weighted by molar-refractivity contribution is 5.59. The Kier molecular flexibility index (Phi) is 4.14. The summed E-state index contributed by atoms with van der Waals surface area (Å²) >= 11 is 0. The molecule has 0 aliphatic heterocycles. The van der Waals surface area contributed by atoms with Gasteiger partial charge in [0.15, 0.2) is 5.82 Å². The first-order valence-corrected chi connectivity index (χ1v) is 7.17. The maximum atomic E-state index is 13.7. The number of anilines is 4. The van der Waals surface area contributed by atoms with Crippen LogP contribution in [0.2, 0.25) is 0 Å². The summed E-state index contributed by atoms with van der Waals surface area (Å²) in [7, 11) is 0. The van der Waals surface area contributed by atoms with Crippen molar-refractivity contribution >= 4 is 23.1 Å². The summed E-state index contributed by atoms with van der Waals surface area (Å²) in [6.45, 7) is 4.04. The summed E-state index contributed by atoms with van der Waals surface area (Å²) < 4.78 is 13.7. The van der Waals surface area contributed by atoms with Crippen LogP contribution < -0.4 is 10.6 Å². The number of rotatable bonds is 4. The zero-order valence-electron chi connectivity index (χ0n) is 12.8. The highest BCUT2D eigenvalue weighted by Gasteiger charge is 2.05. The monoisotopic (exact) mass is 309 g/mol. The second-order valence-corrected chi connectivity index (χ2v) is 5.27. The molecule has 0 spiro atoms. The Bertz CT molecular complexity index is 814. The Morgan fingerprint density at radius 3 is 2.43 bits per heavy atom. The number of para-hydroxylation sites is 1. The predicted octanol–water partition coefficient (Wildman–Crippen LogP) is 4.11. The van der Waals surface area contributed by atoms with Crippen molar-refractivity contribution in [3.8, 4) is 0 Å². The molecule has 0 saturated carbocycles. The SMILES string of the molecule is Cc1cc(C)cc(Nc2nncc(Nc3ccccc3F)n2)c1. The van der Waals surface area contributed by atoms with Crippen LogP contribution in [0.25, 0.3) is 0 Å². The van der Waals surface area contributed by atoms with Crippen molar-refractivity contribution in [3.05, 3.63) is 65.6 Å². The van der Waals surface area contributed by atoms with Gasteiger partial charge in [0.2, 0.25) is 5.95 Å². The molecule has 0 bridgehead atoms. The molecule has 0 unspecified atom stereocenters. The van der Waals surface area contributed by atoms with E-state index in [4.69, 9.17) is 0 Å². The van der Waals surface area contributed by atoms with E-state index in [1.54, 1.807) is 18.2 Å². The summed E-state index contributed by atoms with van der Waals surface area (Å²) in [5.74, 6) is 0.406. The van der Waals surface area contributed by atoms with Gasteiger partial charge in [0.1, 0.15) is 5.82 Å². The first-order chi connectivity index (χ1) is 11.1. The van der Waals surface area contributed by atoms with Gasteiger partial charge in [-0.25, -0.2) is 4.39 Å². The van der Waals surface area contributed by atoms with E-state index >= 15 is 0 Å². The van der Waals surface area contributed by atoms with Crippen molar-refractivity contribution in [1.82, 2.24) is 15.2 Å². The van der Waals surface area contributed by atoms with Gasteiger partial charge in [-0.15, -0.1) is 5.10 Å². The Morgan fingerprint density at radius 1 is 0.957 bits per heavy atom. The second kappa shape index (κ2) is 6.39. The molecule has 0 atom stereocenters. The molecular formula is C17H16FN5. The van der Waals surface area contributed by atoms with Gasteiger partial charge in [0.05, 0.1) is 11.9 Å². The maximum absolute atomic E-state index is 13.7. The number of hydrogen-bond donors (Lipinski definition) is 2. The molecule has 2 aromatic carbocycles. The van der Waals surface area contributed by atoms with Gasteiger partial charge < -0.3 is 10.6 Å². The van der Waals surface area contributed by atoms with Crippen molar-refractivity contribution in [2.45, 2.75) is 13.8 Å². The molecule has 1 aromatic heterocycles. The molecule has 0 saturated heterocycles. The van der Waals surface area contributed by atoms with Crippen LogP contribution in [-0.2, 0) is 0 Å². The van der Waals surface area contributed by atoms with Gasteiger partial charge in [0, 0.05) is 5.69 Å². The van der Waals surface area contributed by atoms with E-state index in [0.717, 1.165) is 16.8 Å². The van der Waals surface area contributed by atoms with E-state index in [9.17, 15) is 4.39 Å². The molecule has 116 valence electrons. The summed E-state index contributed by atoms with van der Waals surface area (Å²) in [5.41, 5.74) is 3.50.